The van der Waals surface area contributed by atoms with Crippen LogP contribution in [0.5, 0.6) is 23.0 Å². The van der Waals surface area contributed by atoms with Crippen LogP contribution in [-0.2, 0) is 32.6 Å². The average molecular weight is 732 g/mol. The zero-order valence-electron chi connectivity index (χ0n) is 22.1. The molecule has 0 aliphatic rings. The second-order valence-corrected chi connectivity index (χ2v) is 10.6. The van der Waals surface area contributed by atoms with Crippen LogP contribution < -0.4 is 19.7 Å². The number of ether oxygens (including phenoxy) is 2. The summed E-state index contributed by atoms with van der Waals surface area (Å²) in [4.78, 5) is 8.79. The maximum absolute atomic E-state index is 12.0. The van der Waals surface area contributed by atoms with E-state index in [0.29, 0.717) is 35.7 Å². The molecule has 0 aromatic heterocycles. The number of nitrogens with zero attached hydrogens (tertiary/aromatic N) is 2. The molecule has 0 aliphatic carbocycles. The molecule has 0 radical (unpaired) electrons. The van der Waals surface area contributed by atoms with E-state index >= 15 is 0 Å². The summed E-state index contributed by atoms with van der Waals surface area (Å²) in [5, 5.41) is 34.5. The Kier molecular flexibility index (Phi) is 13.0. The van der Waals surface area contributed by atoms with Gasteiger partial charge < -0.3 is 24.8 Å². The smallest absolute Gasteiger partial charge is 0.872 e. The van der Waals surface area contributed by atoms with Crippen LogP contribution >= 0.6 is 31.9 Å². The topological polar surface area (TPSA) is 110 Å². The fourth-order valence-corrected chi connectivity index (χ4v) is 4.45. The van der Waals surface area contributed by atoms with Gasteiger partial charge >= 0.3 is 19.5 Å². The van der Waals surface area contributed by atoms with Gasteiger partial charge in [-0.15, -0.1) is 0 Å². The molecule has 41 heavy (non-hydrogen) atoms. The molecule has 0 aliphatic heterocycles. The summed E-state index contributed by atoms with van der Waals surface area (Å²) < 4.78 is 13.4. The molecule has 0 bridgehead atoms. The maximum atomic E-state index is 12.0. The van der Waals surface area contributed by atoms with Gasteiger partial charge in [0.2, 0.25) is 0 Å². The number of aliphatic hydroxyl groups is 1. The third-order valence-corrected chi connectivity index (χ3v) is 6.72. The van der Waals surface area contributed by atoms with Crippen LogP contribution in [0.1, 0.15) is 22.3 Å². The molecular formula is C31H26Br2N2O5Zn. The van der Waals surface area contributed by atoms with Crippen LogP contribution in [-0.4, -0.2) is 36.9 Å². The van der Waals surface area contributed by atoms with E-state index in [-0.39, 0.29) is 44.2 Å². The Hall–Kier alpha value is -3.04. The third-order valence-electron chi connectivity index (χ3n) is 5.74. The Morgan fingerprint density at radius 1 is 0.683 bits per heavy atom. The molecule has 0 amide bonds. The van der Waals surface area contributed by atoms with Gasteiger partial charge in [-0.3, -0.25) is 9.98 Å². The standard InChI is InChI=1S/C31H28Br2N2O5.Zn/c32-25-9-11-28(37)23(13-25)17-34-15-21-5-1-3-7-30(21)39-19-27(36)20-40-31-8-4-2-6-22(31)16-35-18-24-14-26(33)10-12-29(24)38;/h1-14,17-18,27,36-38H,15-16,19-20H2;/q;+2/p-2. The average Bonchev–Trinajstić information content (AvgIpc) is 2.95. The van der Waals surface area contributed by atoms with Gasteiger partial charge in [0, 0.05) is 32.5 Å². The summed E-state index contributed by atoms with van der Waals surface area (Å²) in [6, 6.07) is 24.6. The van der Waals surface area contributed by atoms with E-state index in [1.807, 2.05) is 48.5 Å². The predicted molar refractivity (Wildman–Crippen MR) is 160 cm³/mol. The molecule has 1 N–H and O–H groups in total. The first-order valence-corrected chi connectivity index (χ1v) is 14.0. The van der Waals surface area contributed by atoms with Gasteiger partial charge in [-0.05, 0) is 47.5 Å². The van der Waals surface area contributed by atoms with E-state index in [2.05, 4.69) is 41.8 Å². The van der Waals surface area contributed by atoms with Crippen molar-refractivity contribution in [2.45, 2.75) is 19.2 Å². The largest absolute Gasteiger partial charge is 2.00 e. The number of hydrogen-bond acceptors (Lipinski definition) is 7. The summed E-state index contributed by atoms with van der Waals surface area (Å²) in [5.74, 6) is 0.980. The van der Waals surface area contributed by atoms with E-state index in [1.54, 1.807) is 36.7 Å². The minimum absolute atomic E-state index is 0. The zero-order valence-corrected chi connectivity index (χ0v) is 28.2. The SMILES string of the molecule is [O-]c1ccc(Br)cc1C=NCc1ccccc1OCC(O)COc1ccccc1CN=Cc1cc(Br)ccc1[O-].[Zn+2]. The molecule has 0 saturated carbocycles. The first kappa shape index (κ1) is 32.5. The summed E-state index contributed by atoms with van der Waals surface area (Å²) in [5.41, 5.74) is 2.64. The quantitative estimate of drug-likeness (QED) is 0.155. The summed E-state index contributed by atoms with van der Waals surface area (Å²) in [7, 11) is 0. The van der Waals surface area contributed by atoms with Gasteiger partial charge in [0.15, 0.2) is 0 Å². The second-order valence-electron chi connectivity index (χ2n) is 8.80. The van der Waals surface area contributed by atoms with Gasteiger partial charge in [-0.1, -0.05) is 91.9 Å². The van der Waals surface area contributed by atoms with Gasteiger partial charge in [0.05, 0.1) is 13.1 Å². The Labute approximate surface area is 268 Å². The number of hydrogen-bond donors (Lipinski definition) is 1. The van der Waals surface area contributed by atoms with Crippen molar-refractivity contribution in [1.29, 1.82) is 0 Å². The molecule has 206 valence electrons. The number of aliphatic imine (C=N–C) groups is 2. The molecule has 0 fully saturated rings. The van der Waals surface area contributed by atoms with Crippen molar-refractivity contribution >= 4 is 44.3 Å². The Morgan fingerprint density at radius 2 is 1.10 bits per heavy atom. The van der Waals surface area contributed by atoms with Gasteiger partial charge in [-0.2, -0.15) is 0 Å². The van der Waals surface area contributed by atoms with E-state index in [1.165, 1.54) is 12.1 Å². The summed E-state index contributed by atoms with van der Waals surface area (Å²) >= 11 is 6.72. The predicted octanol–water partition coefficient (Wildman–Crippen LogP) is 5.41. The molecule has 0 saturated heterocycles. The van der Waals surface area contributed by atoms with E-state index in [4.69, 9.17) is 9.47 Å². The van der Waals surface area contributed by atoms with Crippen molar-refractivity contribution in [2.75, 3.05) is 13.2 Å². The molecule has 4 aromatic carbocycles. The summed E-state index contributed by atoms with van der Waals surface area (Å²) in [6.45, 7) is 0.672. The van der Waals surface area contributed by atoms with Crippen molar-refractivity contribution in [3.05, 3.63) is 116 Å². The second kappa shape index (κ2) is 16.4. The molecule has 0 atom stereocenters. The van der Waals surface area contributed by atoms with Crippen molar-refractivity contribution in [3.63, 3.8) is 0 Å². The molecule has 7 nitrogen and oxygen atoms in total. The number of halogens is 2. The van der Waals surface area contributed by atoms with Crippen LogP contribution in [0, 0.1) is 0 Å². The van der Waals surface area contributed by atoms with Gasteiger partial charge in [0.25, 0.3) is 0 Å². The van der Waals surface area contributed by atoms with Crippen LogP contribution in [0.25, 0.3) is 0 Å². The molecule has 0 unspecified atom stereocenters. The monoisotopic (exact) mass is 728 g/mol. The number of rotatable bonds is 12. The molecule has 10 heteroatoms. The van der Waals surface area contributed by atoms with Gasteiger partial charge in [-0.25, -0.2) is 0 Å². The Morgan fingerprint density at radius 3 is 1.54 bits per heavy atom. The first-order valence-electron chi connectivity index (χ1n) is 12.4. The third kappa shape index (κ3) is 10.1. The first-order chi connectivity index (χ1) is 19.4. The zero-order chi connectivity index (χ0) is 28.3. The molecule has 4 aromatic rings. The van der Waals surface area contributed by atoms with Crippen LogP contribution in [0.15, 0.2) is 104 Å². The fraction of sp³-hybridized carbons (Fsp3) is 0.161. The normalized spacial score (nSPS) is 11.9. The van der Waals surface area contributed by atoms with Crippen molar-refractivity contribution in [2.24, 2.45) is 9.98 Å². The number of benzene rings is 4. The number of para-hydroxylation sites is 2. The van der Waals surface area contributed by atoms with Crippen molar-refractivity contribution in [3.8, 4) is 23.0 Å². The minimum Gasteiger partial charge on any atom is -0.872 e. The van der Waals surface area contributed by atoms with Crippen LogP contribution in [0.4, 0.5) is 0 Å². The fourth-order valence-electron chi connectivity index (χ4n) is 3.70. The van der Waals surface area contributed by atoms with E-state index in [9.17, 15) is 15.3 Å². The van der Waals surface area contributed by atoms with Gasteiger partial charge in [0.1, 0.15) is 30.8 Å². The number of aliphatic hydroxyl groups excluding tert-OH is 1. The maximum Gasteiger partial charge on any atom is 2.00 e. The van der Waals surface area contributed by atoms with Crippen LogP contribution in [0.2, 0.25) is 0 Å². The molecule has 4 rings (SSSR count). The van der Waals surface area contributed by atoms with Crippen molar-refractivity contribution < 1.29 is 44.3 Å². The van der Waals surface area contributed by atoms with Crippen LogP contribution in [0.3, 0.4) is 0 Å². The van der Waals surface area contributed by atoms with E-state index in [0.717, 1.165) is 20.1 Å². The molecule has 0 spiro atoms. The Bertz CT molecular complexity index is 1390. The van der Waals surface area contributed by atoms with E-state index < -0.39 is 6.10 Å². The minimum atomic E-state index is -0.887. The van der Waals surface area contributed by atoms with Crippen molar-refractivity contribution in [1.82, 2.24) is 0 Å². The molecular weight excluding hydrogens is 706 g/mol. The Balaban J connectivity index is 0.00000462. The summed E-state index contributed by atoms with van der Waals surface area (Å²) in [6.07, 6.45) is 2.21. The molecule has 0 heterocycles.